The van der Waals surface area contributed by atoms with Crippen LogP contribution in [0.2, 0.25) is 0 Å². The van der Waals surface area contributed by atoms with Crippen LogP contribution < -0.4 is 4.90 Å². The predicted octanol–water partition coefficient (Wildman–Crippen LogP) is 18.0. The molecule has 11 aromatic carbocycles. The van der Waals surface area contributed by atoms with E-state index in [1.165, 1.54) is 66.0 Å². The van der Waals surface area contributed by atoms with Crippen LogP contribution in [-0.2, 0) is 0 Å². The first-order valence-corrected chi connectivity index (χ1v) is 22.9. The highest BCUT2D eigenvalue weighted by atomic mass is 16.3. The molecule has 0 fully saturated rings. The molecule has 0 aliphatic carbocycles. The Hall–Kier alpha value is -8.92. The summed E-state index contributed by atoms with van der Waals surface area (Å²) in [6.45, 7) is 0. The largest absolute Gasteiger partial charge is 0.455 e. The summed E-state index contributed by atoms with van der Waals surface area (Å²) in [6.07, 6.45) is 0. The van der Waals surface area contributed by atoms with Crippen molar-refractivity contribution in [2.24, 2.45) is 0 Å². The van der Waals surface area contributed by atoms with Crippen molar-refractivity contribution >= 4 is 71.6 Å². The zero-order valence-electron chi connectivity index (χ0n) is 36.6. The van der Waals surface area contributed by atoms with Crippen LogP contribution in [0.1, 0.15) is 0 Å². The minimum absolute atomic E-state index is 0.901. The minimum atomic E-state index is 0.901. The first kappa shape index (κ1) is 38.5. The van der Waals surface area contributed by atoms with Gasteiger partial charge >= 0.3 is 0 Å². The zero-order chi connectivity index (χ0) is 44.3. The van der Waals surface area contributed by atoms with Gasteiger partial charge < -0.3 is 13.9 Å². The molecule has 0 amide bonds. The summed E-state index contributed by atoms with van der Waals surface area (Å²) in [4.78, 5) is 2.36. The monoisotopic (exact) mass is 854 g/mol. The second-order valence-electron chi connectivity index (χ2n) is 17.3. The van der Waals surface area contributed by atoms with Gasteiger partial charge in [0.15, 0.2) is 0 Å². The summed E-state index contributed by atoms with van der Waals surface area (Å²) < 4.78 is 8.89. The number of anilines is 3. The first-order chi connectivity index (χ1) is 33.2. The van der Waals surface area contributed by atoms with Crippen molar-refractivity contribution < 1.29 is 4.42 Å². The van der Waals surface area contributed by atoms with E-state index in [1.807, 2.05) is 12.1 Å². The topological polar surface area (TPSA) is 21.3 Å². The Morgan fingerprint density at radius 2 is 0.791 bits per heavy atom. The van der Waals surface area contributed by atoms with E-state index in [9.17, 15) is 0 Å². The average molecular weight is 855 g/mol. The van der Waals surface area contributed by atoms with Crippen molar-refractivity contribution in [1.82, 2.24) is 4.57 Å². The molecule has 0 aliphatic heterocycles. The highest BCUT2D eigenvalue weighted by Crippen LogP contribution is 2.44. The number of furan rings is 1. The minimum Gasteiger partial charge on any atom is -0.455 e. The van der Waals surface area contributed by atoms with Crippen LogP contribution in [0.4, 0.5) is 17.1 Å². The molecule has 13 aromatic rings. The maximum absolute atomic E-state index is 6.46. The van der Waals surface area contributed by atoms with Gasteiger partial charge in [-0.05, 0) is 117 Å². The molecule has 314 valence electrons. The summed E-state index contributed by atoms with van der Waals surface area (Å²) in [6, 6.07) is 91.8. The fraction of sp³-hybridized carbons (Fsp3) is 0. The van der Waals surface area contributed by atoms with Crippen LogP contribution in [0.3, 0.4) is 0 Å². The van der Waals surface area contributed by atoms with Gasteiger partial charge in [0.05, 0.1) is 11.0 Å². The van der Waals surface area contributed by atoms with E-state index in [0.29, 0.717) is 0 Å². The molecule has 0 atom stereocenters. The smallest absolute Gasteiger partial charge is 0.143 e. The molecule has 0 spiro atoms. The van der Waals surface area contributed by atoms with Gasteiger partial charge in [0.25, 0.3) is 0 Å². The van der Waals surface area contributed by atoms with Gasteiger partial charge in [-0.3, -0.25) is 0 Å². The van der Waals surface area contributed by atoms with Crippen molar-refractivity contribution in [2.45, 2.75) is 0 Å². The number of fused-ring (bicyclic) bond motifs is 8. The molecule has 0 N–H and O–H groups in total. The number of para-hydroxylation sites is 4. The van der Waals surface area contributed by atoms with Crippen LogP contribution in [0, 0.1) is 0 Å². The molecule has 2 aromatic heterocycles. The standard InChI is InChI=1S/C64H42N2O/c1-3-15-43(16-4-1)47-17-13-18-48(41-47)44-29-35-50(36-30-44)65(51-37-31-45(32-38-51)53-25-14-26-58-56-23-10-12-28-62(56)67-64(53)58)52-39-33-46(34-40-52)59-42-60-55-22-9-11-27-61(55)66(49-19-5-2-6-20-49)63(60)57-24-8-7-21-54(57)59/h1-42H. The number of nitrogens with zero attached hydrogens (tertiary/aromatic N) is 2. The van der Waals surface area contributed by atoms with Crippen LogP contribution in [0.25, 0.3) is 105 Å². The fourth-order valence-corrected chi connectivity index (χ4v) is 10.2. The molecular formula is C64H42N2O. The molecule has 67 heavy (non-hydrogen) atoms. The molecule has 0 radical (unpaired) electrons. The van der Waals surface area contributed by atoms with Crippen LogP contribution in [-0.4, -0.2) is 4.57 Å². The fourth-order valence-electron chi connectivity index (χ4n) is 10.2. The summed E-state index contributed by atoms with van der Waals surface area (Å²) in [5.74, 6) is 0. The van der Waals surface area contributed by atoms with Crippen molar-refractivity contribution in [3.63, 3.8) is 0 Å². The lowest BCUT2D eigenvalue weighted by Crippen LogP contribution is -2.09. The van der Waals surface area contributed by atoms with Gasteiger partial charge in [-0.2, -0.15) is 0 Å². The third-order valence-corrected chi connectivity index (χ3v) is 13.4. The van der Waals surface area contributed by atoms with Crippen LogP contribution >= 0.6 is 0 Å². The van der Waals surface area contributed by atoms with Crippen molar-refractivity contribution in [1.29, 1.82) is 0 Å². The van der Waals surface area contributed by atoms with Gasteiger partial charge in [-0.15, -0.1) is 0 Å². The lowest BCUT2D eigenvalue weighted by Gasteiger charge is -2.26. The summed E-state index contributed by atoms with van der Waals surface area (Å²) in [7, 11) is 0. The van der Waals surface area contributed by atoms with E-state index in [0.717, 1.165) is 55.8 Å². The second kappa shape index (κ2) is 16.0. The molecule has 0 saturated carbocycles. The second-order valence-corrected chi connectivity index (χ2v) is 17.3. The van der Waals surface area contributed by atoms with Gasteiger partial charge in [0, 0.05) is 55.2 Å². The Kier molecular flexibility index (Phi) is 9.17. The molecule has 2 heterocycles. The van der Waals surface area contributed by atoms with Crippen LogP contribution in [0.5, 0.6) is 0 Å². The van der Waals surface area contributed by atoms with E-state index >= 15 is 0 Å². The maximum atomic E-state index is 6.46. The average Bonchev–Trinajstić information content (AvgIpc) is 3.96. The van der Waals surface area contributed by atoms with Crippen molar-refractivity contribution in [2.75, 3.05) is 4.90 Å². The molecule has 3 nitrogen and oxygen atoms in total. The normalized spacial score (nSPS) is 11.6. The summed E-state index contributed by atoms with van der Waals surface area (Å²) in [5, 5.41) is 7.20. The molecule has 13 rings (SSSR count). The van der Waals surface area contributed by atoms with Crippen molar-refractivity contribution in [3.8, 4) is 50.2 Å². The molecule has 0 aliphatic rings. The molecule has 0 saturated heterocycles. The third-order valence-electron chi connectivity index (χ3n) is 13.4. The predicted molar refractivity (Wildman–Crippen MR) is 282 cm³/mol. The number of hydrogen-bond acceptors (Lipinski definition) is 2. The van der Waals surface area contributed by atoms with Gasteiger partial charge in [0.2, 0.25) is 0 Å². The molecule has 0 unspecified atom stereocenters. The van der Waals surface area contributed by atoms with Gasteiger partial charge in [-0.1, -0.05) is 182 Å². The third kappa shape index (κ3) is 6.59. The lowest BCUT2D eigenvalue weighted by atomic mass is 9.95. The zero-order valence-corrected chi connectivity index (χ0v) is 36.6. The Labute approximate surface area is 388 Å². The number of benzene rings is 11. The van der Waals surface area contributed by atoms with Gasteiger partial charge in [0.1, 0.15) is 11.2 Å². The number of hydrogen-bond donors (Lipinski definition) is 0. The Bertz CT molecular complexity index is 3940. The van der Waals surface area contributed by atoms with E-state index in [4.69, 9.17) is 4.42 Å². The van der Waals surface area contributed by atoms with E-state index in [-0.39, 0.29) is 0 Å². The van der Waals surface area contributed by atoms with E-state index in [1.54, 1.807) is 0 Å². The molecule has 0 bridgehead atoms. The van der Waals surface area contributed by atoms with Gasteiger partial charge in [-0.25, -0.2) is 0 Å². The Morgan fingerprint density at radius 1 is 0.299 bits per heavy atom. The highest BCUT2D eigenvalue weighted by Gasteiger charge is 2.20. The van der Waals surface area contributed by atoms with Crippen molar-refractivity contribution in [3.05, 3.63) is 255 Å². The highest BCUT2D eigenvalue weighted by molar-refractivity contribution is 6.22. The first-order valence-electron chi connectivity index (χ1n) is 22.9. The Balaban J connectivity index is 0.922. The van der Waals surface area contributed by atoms with E-state index < -0.39 is 0 Å². The maximum Gasteiger partial charge on any atom is 0.143 e. The molecular weight excluding hydrogens is 813 g/mol. The summed E-state index contributed by atoms with van der Waals surface area (Å²) >= 11 is 0. The SMILES string of the molecule is c1ccc(-c2cccc(-c3ccc(N(c4ccc(-c5cc6c7ccccc7n(-c7ccccc7)c6c6ccccc56)cc4)c4ccc(-c5cccc6c5oc5ccccc56)cc4)cc3)c2)cc1. The number of aromatic nitrogens is 1. The summed E-state index contributed by atoms with van der Waals surface area (Å²) in [5.41, 5.74) is 17.9. The lowest BCUT2D eigenvalue weighted by molar-refractivity contribution is 0.670. The number of rotatable bonds is 8. The van der Waals surface area contributed by atoms with Crippen LogP contribution in [0.15, 0.2) is 259 Å². The Morgan fingerprint density at radius 3 is 1.48 bits per heavy atom. The van der Waals surface area contributed by atoms with E-state index in [2.05, 4.69) is 252 Å². The molecule has 3 heteroatoms. The quantitative estimate of drug-likeness (QED) is 0.152.